The van der Waals surface area contributed by atoms with Crippen molar-refractivity contribution < 1.29 is 34.4 Å². The number of Topliss-reactive ketones (excluding diaryl/α,β-unsaturated/α-hetero) is 1. The smallest absolute Gasteiger partial charge is 0.303 e. The second kappa shape index (κ2) is 14.5. The van der Waals surface area contributed by atoms with Crippen LogP contribution >= 0.6 is 0 Å². The number of benzene rings is 2. The van der Waals surface area contributed by atoms with E-state index in [0.717, 1.165) is 16.7 Å². The fourth-order valence-electron chi connectivity index (χ4n) is 3.85. The minimum Gasteiger partial charge on any atom is -0.508 e. The Morgan fingerprint density at radius 3 is 2.03 bits per heavy atom. The lowest BCUT2D eigenvalue weighted by atomic mass is 9.90. The number of nitrogens with zero attached hydrogens (tertiary/aromatic N) is 2. The summed E-state index contributed by atoms with van der Waals surface area (Å²) in [7, 11) is 1.93. The molecule has 0 aliphatic rings. The number of carboxylic acid groups (broad SMARTS) is 1. The number of phenols is 2. The van der Waals surface area contributed by atoms with Gasteiger partial charge in [0.05, 0.1) is 13.2 Å². The number of hydrogen-bond donors (Lipinski definition) is 3. The largest absolute Gasteiger partial charge is 0.508 e. The molecule has 9 nitrogen and oxygen atoms in total. The van der Waals surface area contributed by atoms with E-state index in [4.69, 9.17) is 9.84 Å². The Hall–Kier alpha value is -3.43. The van der Waals surface area contributed by atoms with Gasteiger partial charge >= 0.3 is 5.97 Å². The van der Waals surface area contributed by atoms with Gasteiger partial charge in [-0.1, -0.05) is 45.0 Å². The van der Waals surface area contributed by atoms with Crippen molar-refractivity contribution in [2.75, 3.05) is 33.3 Å². The van der Waals surface area contributed by atoms with Crippen LogP contribution in [0.2, 0.25) is 0 Å². The van der Waals surface area contributed by atoms with Crippen LogP contribution in [0.5, 0.6) is 11.5 Å². The van der Waals surface area contributed by atoms with Crippen LogP contribution in [-0.4, -0.2) is 76.6 Å². The first-order valence-electron chi connectivity index (χ1n) is 12.7. The molecule has 208 valence electrons. The number of ketones is 1. The number of likely N-dealkylation sites (N-methyl/N-ethyl adjacent to an activating group) is 1. The number of carbonyl (C=O) groups excluding carboxylic acids is 2. The molecule has 0 heterocycles. The minimum atomic E-state index is -0.891. The van der Waals surface area contributed by atoms with Crippen molar-refractivity contribution in [1.29, 1.82) is 0 Å². The summed E-state index contributed by atoms with van der Waals surface area (Å²) in [5, 5.41) is 29.9. The molecule has 0 saturated carbocycles. The van der Waals surface area contributed by atoms with Crippen LogP contribution in [0.4, 0.5) is 0 Å². The van der Waals surface area contributed by atoms with Crippen LogP contribution in [0.3, 0.4) is 0 Å². The summed E-state index contributed by atoms with van der Waals surface area (Å²) in [6.07, 6.45) is 0.845. The van der Waals surface area contributed by atoms with Crippen molar-refractivity contribution in [1.82, 2.24) is 9.80 Å². The van der Waals surface area contributed by atoms with Crippen LogP contribution in [0, 0.1) is 5.41 Å². The Labute approximate surface area is 224 Å². The molecule has 0 fully saturated rings. The third-order valence-electron chi connectivity index (χ3n) is 6.34. The summed E-state index contributed by atoms with van der Waals surface area (Å²) < 4.78 is 4.71. The topological polar surface area (TPSA) is 128 Å². The van der Waals surface area contributed by atoms with Gasteiger partial charge in [-0.25, -0.2) is 0 Å². The first-order chi connectivity index (χ1) is 17.9. The molecule has 38 heavy (non-hydrogen) atoms. The van der Waals surface area contributed by atoms with Gasteiger partial charge in [-0.3, -0.25) is 19.3 Å². The molecule has 0 atom stereocenters. The maximum absolute atomic E-state index is 12.8. The second-order valence-corrected chi connectivity index (χ2v) is 10.7. The highest BCUT2D eigenvalue weighted by Gasteiger charge is 2.24. The van der Waals surface area contributed by atoms with E-state index in [2.05, 4.69) is 0 Å². The van der Waals surface area contributed by atoms with Crippen molar-refractivity contribution in [2.24, 2.45) is 5.41 Å². The molecule has 2 aromatic carbocycles. The van der Waals surface area contributed by atoms with Gasteiger partial charge in [-0.15, -0.1) is 0 Å². The highest BCUT2D eigenvalue weighted by Crippen LogP contribution is 2.24. The van der Waals surface area contributed by atoms with Crippen LogP contribution < -0.4 is 0 Å². The molecular formula is C29H40N2O7. The summed E-state index contributed by atoms with van der Waals surface area (Å²) in [4.78, 5) is 38.0. The Morgan fingerprint density at radius 1 is 0.921 bits per heavy atom. The first kappa shape index (κ1) is 30.8. The average Bonchev–Trinajstić information content (AvgIpc) is 2.83. The van der Waals surface area contributed by atoms with E-state index in [9.17, 15) is 24.6 Å². The first-order valence-corrected chi connectivity index (χ1v) is 12.7. The summed E-state index contributed by atoms with van der Waals surface area (Å²) in [5.41, 5.74) is 2.54. The lowest BCUT2D eigenvalue weighted by Crippen LogP contribution is -2.39. The molecule has 0 saturated heterocycles. The van der Waals surface area contributed by atoms with E-state index in [-0.39, 0.29) is 36.9 Å². The molecule has 9 heteroatoms. The average molecular weight is 529 g/mol. The van der Waals surface area contributed by atoms with Crippen molar-refractivity contribution in [3.63, 3.8) is 0 Å². The van der Waals surface area contributed by atoms with Crippen molar-refractivity contribution in [3.05, 3.63) is 58.7 Å². The molecule has 0 radical (unpaired) electrons. The lowest BCUT2D eigenvalue weighted by Gasteiger charge is -2.28. The van der Waals surface area contributed by atoms with Gasteiger partial charge in [0.15, 0.2) is 5.78 Å². The molecular weight excluding hydrogens is 488 g/mol. The van der Waals surface area contributed by atoms with Gasteiger partial charge in [0.2, 0.25) is 0 Å². The molecule has 2 aromatic rings. The quantitative estimate of drug-likeness (QED) is 0.222. The van der Waals surface area contributed by atoms with Crippen molar-refractivity contribution in [3.8, 4) is 11.5 Å². The van der Waals surface area contributed by atoms with E-state index in [1.807, 2.05) is 55.8 Å². The number of aromatic hydroxyl groups is 2. The van der Waals surface area contributed by atoms with Crippen LogP contribution in [-0.2, 0) is 45.1 Å². The van der Waals surface area contributed by atoms with Gasteiger partial charge in [-0.2, -0.15) is 0 Å². The molecule has 0 bridgehead atoms. The maximum atomic E-state index is 12.8. The number of phenolic OH excluding ortho intramolecular Hbond substituents is 2. The van der Waals surface area contributed by atoms with Crippen molar-refractivity contribution >= 4 is 18.2 Å². The highest BCUT2D eigenvalue weighted by molar-refractivity contribution is 5.85. The minimum absolute atomic E-state index is 0.00973. The van der Waals surface area contributed by atoms with E-state index in [1.54, 1.807) is 18.2 Å². The number of ether oxygens (including phenoxy) is 1. The summed E-state index contributed by atoms with van der Waals surface area (Å²) in [6, 6.07) is 10.6. The van der Waals surface area contributed by atoms with Gasteiger partial charge in [-0.05, 0) is 36.7 Å². The Balaban J connectivity index is 2.05. The summed E-state index contributed by atoms with van der Waals surface area (Å²) >= 11 is 0. The Kier molecular flexibility index (Phi) is 11.7. The predicted molar refractivity (Wildman–Crippen MR) is 144 cm³/mol. The Bertz CT molecular complexity index is 1090. The molecule has 0 amide bonds. The molecule has 0 unspecified atom stereocenters. The third kappa shape index (κ3) is 10.5. The van der Waals surface area contributed by atoms with Crippen molar-refractivity contribution in [2.45, 2.75) is 53.1 Å². The van der Waals surface area contributed by atoms with Crippen LogP contribution in [0.25, 0.3) is 0 Å². The molecule has 0 spiro atoms. The number of carbonyl (C=O) groups is 3. The fourth-order valence-corrected chi connectivity index (χ4v) is 3.85. The van der Waals surface area contributed by atoms with Gasteiger partial charge in [0, 0.05) is 55.6 Å². The number of aryl methyl sites for hydroxylation is 1. The van der Waals surface area contributed by atoms with Crippen LogP contribution in [0.1, 0.15) is 49.4 Å². The van der Waals surface area contributed by atoms with Crippen LogP contribution in [0.15, 0.2) is 36.4 Å². The zero-order valence-corrected chi connectivity index (χ0v) is 22.8. The number of hydrogen-bond acceptors (Lipinski definition) is 8. The number of aliphatic carboxylic acids is 1. The highest BCUT2D eigenvalue weighted by atomic mass is 16.5. The fraction of sp³-hybridized carbons (Fsp3) is 0.483. The second-order valence-electron chi connectivity index (χ2n) is 10.7. The standard InChI is InChI=1S/C29H40N2O7/c1-29(2,3)27(35)19-31(18-24-9-5-21(15-26(24)34)7-10-28(36)37)13-12-30(4)17-23-8-6-22(16-25(23)33)11-14-38-20-32/h5-6,8-9,15-16,20,33-34H,7,10-14,17-19H2,1-4H3,(H,36,37). The lowest BCUT2D eigenvalue weighted by molar-refractivity contribution is -0.137. The molecule has 2 rings (SSSR count). The van der Waals surface area contributed by atoms with Gasteiger partial charge in [0.1, 0.15) is 11.5 Å². The maximum Gasteiger partial charge on any atom is 0.303 e. The molecule has 3 N–H and O–H groups in total. The molecule has 0 aliphatic carbocycles. The van der Waals surface area contributed by atoms with Gasteiger partial charge in [0.25, 0.3) is 6.47 Å². The van der Waals surface area contributed by atoms with Gasteiger partial charge < -0.3 is 25.0 Å². The summed E-state index contributed by atoms with van der Waals surface area (Å²) in [6.45, 7) is 8.56. The molecule has 0 aliphatic heterocycles. The SMILES string of the molecule is CN(CCN(CC(=O)C(C)(C)C)Cc1ccc(CCC(=O)O)cc1O)Cc1ccc(CCOC=O)cc1O. The third-order valence-corrected chi connectivity index (χ3v) is 6.34. The number of carboxylic acids is 1. The van der Waals surface area contributed by atoms with E-state index >= 15 is 0 Å². The van der Waals surface area contributed by atoms with E-state index < -0.39 is 11.4 Å². The van der Waals surface area contributed by atoms with E-state index in [1.165, 1.54) is 0 Å². The van der Waals surface area contributed by atoms with E-state index in [0.29, 0.717) is 51.1 Å². The monoisotopic (exact) mass is 528 g/mol. The Morgan fingerprint density at radius 2 is 1.50 bits per heavy atom. The zero-order chi connectivity index (χ0) is 28.3. The normalized spacial score (nSPS) is 11.6. The zero-order valence-electron chi connectivity index (χ0n) is 22.8. The number of rotatable bonds is 16. The summed E-state index contributed by atoms with van der Waals surface area (Å²) in [5.74, 6) is -0.548. The molecule has 0 aromatic heterocycles. The predicted octanol–water partition coefficient (Wildman–Crippen LogP) is 3.38.